The Balaban J connectivity index is 1.82. The first-order valence-electron chi connectivity index (χ1n) is 7.38. The molecule has 1 amide bonds. The van der Waals surface area contributed by atoms with Gasteiger partial charge in [-0.25, -0.2) is 0 Å². The van der Waals surface area contributed by atoms with Gasteiger partial charge in [-0.15, -0.1) is 0 Å². The van der Waals surface area contributed by atoms with E-state index in [2.05, 4.69) is 26.1 Å². The molecule has 0 fully saturated rings. The average molecular weight is 356 g/mol. The molecule has 2 aromatic heterocycles. The van der Waals surface area contributed by atoms with Gasteiger partial charge < -0.3 is 10.3 Å². The van der Waals surface area contributed by atoms with Crippen LogP contribution in [0.3, 0.4) is 0 Å². The number of nitrogens with zero attached hydrogens (tertiary/aromatic N) is 1. The number of aromatic nitrogens is 2. The number of allylic oxidation sites excluding steroid dienone is 2. The predicted molar refractivity (Wildman–Crippen MR) is 101 cm³/mol. The molecule has 0 bridgehead atoms. The molecule has 0 radical (unpaired) electrons. The lowest BCUT2D eigenvalue weighted by atomic mass is 10.2. The lowest BCUT2D eigenvalue weighted by Crippen LogP contribution is -2.13. The quantitative estimate of drug-likeness (QED) is 0.587. The number of hydrogen-bond donors (Lipinski definition) is 3. The molecule has 3 heterocycles. The van der Waals surface area contributed by atoms with E-state index in [1.54, 1.807) is 18.5 Å². The van der Waals surface area contributed by atoms with E-state index in [1.165, 1.54) is 0 Å². The van der Waals surface area contributed by atoms with Crippen molar-refractivity contribution in [2.45, 2.75) is 4.90 Å². The number of carbonyl (C=O) groups is 1. The summed E-state index contributed by atoms with van der Waals surface area (Å²) >= 11 is 6.16. The predicted octanol–water partition coefficient (Wildman–Crippen LogP) is 4.87. The third-order valence-electron chi connectivity index (χ3n) is 3.74. The van der Waals surface area contributed by atoms with Gasteiger partial charge in [0.15, 0.2) is 0 Å². The van der Waals surface area contributed by atoms with Crippen LogP contribution in [0.1, 0.15) is 10.5 Å². The number of carbonyl (C=O) groups excluding carboxylic acids is 1. The van der Waals surface area contributed by atoms with Crippen LogP contribution in [0.25, 0.3) is 10.9 Å². The Hall–Kier alpha value is -2.50. The molecule has 0 aliphatic carbocycles. The van der Waals surface area contributed by atoms with Gasteiger partial charge in [0.1, 0.15) is 5.69 Å². The van der Waals surface area contributed by atoms with E-state index >= 15 is 0 Å². The van der Waals surface area contributed by atoms with Gasteiger partial charge in [0.05, 0.1) is 11.9 Å². The molecule has 0 saturated heterocycles. The van der Waals surface area contributed by atoms with Gasteiger partial charge >= 0.3 is 0 Å². The SMILES string of the molecule is O=C(Nc1cccnc1)c1[nH]c2ccc(Cl)cc2c1[SH]1C=CC=C1. The first-order valence-corrected chi connectivity index (χ1v) is 9.24. The van der Waals surface area contributed by atoms with E-state index in [4.69, 9.17) is 11.6 Å². The maximum atomic E-state index is 12.8. The Labute approximate surface area is 146 Å². The third kappa shape index (κ3) is 2.72. The minimum Gasteiger partial charge on any atom is -0.350 e. The van der Waals surface area contributed by atoms with E-state index in [0.717, 1.165) is 15.8 Å². The van der Waals surface area contributed by atoms with Crippen LogP contribution >= 0.6 is 22.5 Å². The highest BCUT2D eigenvalue weighted by molar-refractivity contribution is 8.22. The number of rotatable bonds is 3. The van der Waals surface area contributed by atoms with Gasteiger partial charge in [-0.05, 0) is 41.1 Å². The molecular weight excluding hydrogens is 342 g/mol. The molecule has 24 heavy (non-hydrogen) atoms. The lowest BCUT2D eigenvalue weighted by Gasteiger charge is -2.12. The molecule has 0 saturated carbocycles. The van der Waals surface area contributed by atoms with Crippen LogP contribution in [0.2, 0.25) is 5.02 Å². The second-order valence-electron chi connectivity index (χ2n) is 5.32. The highest BCUT2D eigenvalue weighted by atomic mass is 35.5. The Morgan fingerprint density at radius 2 is 2.04 bits per heavy atom. The van der Waals surface area contributed by atoms with Crippen molar-refractivity contribution in [2.75, 3.05) is 5.32 Å². The summed E-state index contributed by atoms with van der Waals surface area (Å²) in [6.45, 7) is 0. The van der Waals surface area contributed by atoms with Crippen LogP contribution in [0.5, 0.6) is 0 Å². The van der Waals surface area contributed by atoms with Crippen molar-refractivity contribution in [1.29, 1.82) is 0 Å². The van der Waals surface area contributed by atoms with E-state index in [0.29, 0.717) is 16.4 Å². The van der Waals surface area contributed by atoms with Crippen molar-refractivity contribution in [3.05, 3.63) is 76.4 Å². The molecule has 6 heteroatoms. The van der Waals surface area contributed by atoms with Crippen LogP contribution in [0.15, 0.2) is 70.6 Å². The number of fused-ring (bicyclic) bond motifs is 1. The molecule has 3 aromatic rings. The van der Waals surface area contributed by atoms with Crippen LogP contribution in [-0.4, -0.2) is 15.9 Å². The topological polar surface area (TPSA) is 57.8 Å². The summed E-state index contributed by atoms with van der Waals surface area (Å²) in [6, 6.07) is 9.23. The van der Waals surface area contributed by atoms with E-state index in [-0.39, 0.29) is 5.91 Å². The molecule has 0 atom stereocenters. The maximum Gasteiger partial charge on any atom is 0.273 e. The molecule has 1 aliphatic rings. The molecule has 120 valence electrons. The van der Waals surface area contributed by atoms with Gasteiger partial charge in [-0.3, -0.25) is 9.78 Å². The zero-order valence-electron chi connectivity index (χ0n) is 12.5. The fraction of sp³-hybridized carbons (Fsp3) is 0. The summed E-state index contributed by atoms with van der Waals surface area (Å²) in [4.78, 5) is 21.1. The number of anilines is 1. The highest BCUT2D eigenvalue weighted by Crippen LogP contribution is 2.48. The maximum absolute atomic E-state index is 12.8. The second kappa shape index (κ2) is 6.19. The van der Waals surface area contributed by atoms with Crippen LogP contribution in [0, 0.1) is 0 Å². The van der Waals surface area contributed by atoms with E-state index in [1.807, 2.05) is 36.4 Å². The number of aromatic amines is 1. The average Bonchev–Trinajstić information content (AvgIpc) is 3.22. The summed E-state index contributed by atoms with van der Waals surface area (Å²) in [7, 11) is -0.671. The molecule has 0 unspecified atom stereocenters. The zero-order chi connectivity index (χ0) is 16.5. The van der Waals surface area contributed by atoms with Crippen molar-refractivity contribution in [3.63, 3.8) is 0 Å². The molecule has 1 aliphatic heterocycles. The highest BCUT2D eigenvalue weighted by Gasteiger charge is 2.21. The summed E-state index contributed by atoms with van der Waals surface area (Å²) in [5, 5.41) is 8.79. The third-order valence-corrected chi connectivity index (χ3v) is 5.94. The summed E-state index contributed by atoms with van der Waals surface area (Å²) < 4.78 is 0. The lowest BCUT2D eigenvalue weighted by molar-refractivity contribution is 0.102. The molecule has 4 nitrogen and oxygen atoms in total. The van der Waals surface area contributed by atoms with Crippen molar-refractivity contribution >= 4 is 45.0 Å². The number of amides is 1. The Kier molecular flexibility index (Phi) is 3.88. The van der Waals surface area contributed by atoms with E-state index < -0.39 is 10.9 Å². The number of hydrogen-bond acceptors (Lipinski definition) is 2. The number of pyridine rings is 1. The van der Waals surface area contributed by atoms with Crippen molar-refractivity contribution in [2.24, 2.45) is 0 Å². The van der Waals surface area contributed by atoms with Crippen molar-refractivity contribution in [3.8, 4) is 0 Å². The minimum absolute atomic E-state index is 0.179. The fourth-order valence-corrected chi connectivity index (χ4v) is 4.71. The summed E-state index contributed by atoms with van der Waals surface area (Å²) in [5.74, 6) is -0.179. The molecule has 1 aromatic carbocycles. The second-order valence-corrected chi connectivity index (χ2v) is 7.62. The normalized spacial score (nSPS) is 14.5. The zero-order valence-corrected chi connectivity index (χ0v) is 14.2. The summed E-state index contributed by atoms with van der Waals surface area (Å²) in [5.41, 5.74) is 2.13. The first-order chi connectivity index (χ1) is 11.7. The Morgan fingerprint density at radius 1 is 1.21 bits per heavy atom. The number of halogens is 1. The standard InChI is InChI=1S/C18H14ClN3OS/c19-12-5-6-15-14(10-12)17(24-8-1-2-9-24)16(22-15)18(23)21-13-4-3-7-20-11-13/h1-11,22,24H,(H,21,23). The molecule has 2 N–H and O–H groups in total. The first kappa shape index (κ1) is 15.1. The molecular formula is C18H14ClN3OS. The van der Waals surface area contributed by atoms with Gasteiger partial charge in [0.2, 0.25) is 0 Å². The van der Waals surface area contributed by atoms with E-state index in [9.17, 15) is 4.79 Å². The minimum atomic E-state index is -0.671. The van der Waals surface area contributed by atoms with Gasteiger partial charge in [-0.2, -0.15) is 10.9 Å². The fourth-order valence-electron chi connectivity index (χ4n) is 2.70. The van der Waals surface area contributed by atoms with Crippen LogP contribution in [-0.2, 0) is 0 Å². The molecule has 4 rings (SSSR count). The van der Waals surface area contributed by atoms with Crippen molar-refractivity contribution < 1.29 is 4.79 Å². The van der Waals surface area contributed by atoms with Gasteiger partial charge in [0.25, 0.3) is 5.91 Å². The summed E-state index contributed by atoms with van der Waals surface area (Å²) in [6.07, 6.45) is 7.32. The number of benzene rings is 1. The smallest absolute Gasteiger partial charge is 0.273 e. The van der Waals surface area contributed by atoms with Gasteiger partial charge in [-0.1, -0.05) is 23.8 Å². The number of nitrogens with one attached hydrogen (secondary N) is 2. The Morgan fingerprint density at radius 3 is 2.79 bits per heavy atom. The number of H-pyrrole nitrogens is 1. The van der Waals surface area contributed by atoms with Gasteiger partial charge in [0, 0.05) is 27.0 Å². The van der Waals surface area contributed by atoms with Crippen LogP contribution < -0.4 is 5.32 Å². The largest absolute Gasteiger partial charge is 0.350 e. The van der Waals surface area contributed by atoms with Crippen LogP contribution in [0.4, 0.5) is 5.69 Å². The monoisotopic (exact) mass is 355 g/mol. The molecule has 0 spiro atoms. The number of thiol groups is 1. The van der Waals surface area contributed by atoms with Crippen molar-refractivity contribution in [1.82, 2.24) is 9.97 Å². The Bertz CT molecular complexity index is 967.